The molecule has 0 fully saturated rings. The molecular formula is C25H20ClN7O. The van der Waals surface area contributed by atoms with Crippen molar-refractivity contribution in [1.82, 2.24) is 24.7 Å². The highest BCUT2D eigenvalue weighted by Gasteiger charge is 2.13. The van der Waals surface area contributed by atoms with Crippen LogP contribution in [-0.4, -0.2) is 30.6 Å². The minimum absolute atomic E-state index is 0.243. The average Bonchev–Trinajstić information content (AvgIpc) is 3.48. The van der Waals surface area contributed by atoms with E-state index in [-0.39, 0.29) is 5.91 Å². The fourth-order valence-corrected chi connectivity index (χ4v) is 3.79. The van der Waals surface area contributed by atoms with Gasteiger partial charge in [-0.15, -0.1) is 0 Å². The zero-order chi connectivity index (χ0) is 23.5. The van der Waals surface area contributed by atoms with Gasteiger partial charge in [0.1, 0.15) is 0 Å². The molecule has 0 atom stereocenters. The van der Waals surface area contributed by atoms with Crippen LogP contribution in [0.4, 0.5) is 17.3 Å². The largest absolute Gasteiger partial charge is 0.360 e. The summed E-state index contributed by atoms with van der Waals surface area (Å²) >= 11 is 6.42. The van der Waals surface area contributed by atoms with Crippen LogP contribution in [0.2, 0.25) is 5.02 Å². The number of amides is 1. The van der Waals surface area contributed by atoms with E-state index in [1.54, 1.807) is 17.1 Å². The predicted octanol–water partition coefficient (Wildman–Crippen LogP) is 5.39. The number of aromatic amines is 1. The van der Waals surface area contributed by atoms with E-state index in [0.29, 0.717) is 28.9 Å². The van der Waals surface area contributed by atoms with Gasteiger partial charge >= 0.3 is 0 Å². The second-order valence-corrected chi connectivity index (χ2v) is 7.99. The normalized spacial score (nSPS) is 10.9. The van der Waals surface area contributed by atoms with E-state index in [4.69, 9.17) is 11.6 Å². The molecule has 3 heterocycles. The van der Waals surface area contributed by atoms with E-state index < -0.39 is 0 Å². The van der Waals surface area contributed by atoms with Crippen LogP contribution in [0.15, 0.2) is 86.0 Å². The smallest absolute Gasteiger partial charge is 0.247 e. The number of carbonyl (C=O) groups excluding carboxylic acids is 1. The van der Waals surface area contributed by atoms with Gasteiger partial charge in [0.15, 0.2) is 0 Å². The van der Waals surface area contributed by atoms with Gasteiger partial charge in [0.25, 0.3) is 0 Å². The molecule has 0 bridgehead atoms. The fraction of sp³-hybridized carbons (Fsp3) is 0.0400. The molecule has 0 aliphatic rings. The van der Waals surface area contributed by atoms with Crippen molar-refractivity contribution < 1.29 is 4.79 Å². The number of hydrogen-bond acceptors (Lipinski definition) is 5. The lowest BCUT2D eigenvalue weighted by Crippen LogP contribution is -2.07. The quantitative estimate of drug-likeness (QED) is 0.277. The van der Waals surface area contributed by atoms with E-state index in [9.17, 15) is 4.79 Å². The van der Waals surface area contributed by atoms with Gasteiger partial charge in [0, 0.05) is 34.5 Å². The topological polar surface area (TPSA) is 101 Å². The number of benzene rings is 2. The lowest BCUT2D eigenvalue weighted by atomic mass is 10.1. The minimum atomic E-state index is -0.243. The third kappa shape index (κ3) is 4.53. The summed E-state index contributed by atoms with van der Waals surface area (Å²) in [6.45, 7) is 4.02. The van der Waals surface area contributed by atoms with E-state index >= 15 is 0 Å². The van der Waals surface area contributed by atoms with Crippen LogP contribution in [0.5, 0.6) is 0 Å². The summed E-state index contributed by atoms with van der Waals surface area (Å²) in [5, 5.41) is 11.8. The van der Waals surface area contributed by atoms with Crippen molar-refractivity contribution in [2.45, 2.75) is 6.54 Å². The van der Waals surface area contributed by atoms with E-state index in [2.05, 4.69) is 37.3 Å². The Bertz CT molecular complexity index is 1490. The minimum Gasteiger partial charge on any atom is -0.360 e. The molecule has 0 spiro atoms. The molecule has 0 saturated carbocycles. The van der Waals surface area contributed by atoms with Gasteiger partial charge in [-0.3, -0.25) is 9.48 Å². The molecule has 5 rings (SSSR count). The van der Waals surface area contributed by atoms with E-state index in [1.807, 2.05) is 60.9 Å². The Morgan fingerprint density at radius 1 is 1.12 bits per heavy atom. The molecule has 8 nitrogen and oxygen atoms in total. The summed E-state index contributed by atoms with van der Waals surface area (Å²) in [6, 6.07) is 15.5. The highest BCUT2D eigenvalue weighted by atomic mass is 35.5. The molecule has 3 N–H and O–H groups in total. The number of para-hydroxylation sites is 1. The van der Waals surface area contributed by atoms with Crippen molar-refractivity contribution in [3.8, 4) is 11.3 Å². The SMILES string of the molecule is C=CC(=O)Nc1ccc(Cn2cc(Nc3ncc(Cl)c(-c4c[nH]c5ccccc45)n3)cn2)cc1. The Morgan fingerprint density at radius 3 is 2.76 bits per heavy atom. The number of H-pyrrole nitrogens is 1. The van der Waals surface area contributed by atoms with Crippen molar-refractivity contribution in [2.24, 2.45) is 0 Å². The van der Waals surface area contributed by atoms with Crippen LogP contribution < -0.4 is 10.6 Å². The number of halogens is 1. The van der Waals surface area contributed by atoms with Crippen molar-refractivity contribution >= 4 is 45.7 Å². The number of nitrogens with one attached hydrogen (secondary N) is 3. The Balaban J connectivity index is 1.31. The zero-order valence-electron chi connectivity index (χ0n) is 18.0. The van der Waals surface area contributed by atoms with Crippen LogP contribution in [-0.2, 0) is 11.3 Å². The molecule has 34 heavy (non-hydrogen) atoms. The summed E-state index contributed by atoms with van der Waals surface area (Å²) in [6.07, 6.45) is 8.30. The molecule has 9 heteroatoms. The molecule has 0 unspecified atom stereocenters. The molecule has 5 aromatic rings. The Labute approximate surface area is 200 Å². The van der Waals surface area contributed by atoms with E-state index in [1.165, 1.54) is 6.08 Å². The van der Waals surface area contributed by atoms with Crippen LogP contribution in [0.3, 0.4) is 0 Å². The van der Waals surface area contributed by atoms with E-state index in [0.717, 1.165) is 27.7 Å². The number of nitrogens with zero attached hydrogens (tertiary/aromatic N) is 4. The predicted molar refractivity (Wildman–Crippen MR) is 134 cm³/mol. The Kier molecular flexibility index (Phi) is 5.80. The van der Waals surface area contributed by atoms with Crippen LogP contribution >= 0.6 is 11.6 Å². The maximum absolute atomic E-state index is 11.4. The highest BCUT2D eigenvalue weighted by molar-refractivity contribution is 6.33. The van der Waals surface area contributed by atoms with Gasteiger partial charge in [0.05, 0.1) is 35.3 Å². The van der Waals surface area contributed by atoms with Gasteiger partial charge < -0.3 is 15.6 Å². The molecule has 2 aromatic carbocycles. The monoisotopic (exact) mass is 469 g/mol. The number of carbonyl (C=O) groups is 1. The summed E-state index contributed by atoms with van der Waals surface area (Å²) in [5.41, 5.74) is 5.07. The molecule has 0 radical (unpaired) electrons. The first-order valence-corrected chi connectivity index (χ1v) is 10.9. The van der Waals surface area contributed by atoms with Gasteiger partial charge in [-0.2, -0.15) is 5.10 Å². The third-order valence-electron chi connectivity index (χ3n) is 5.23. The molecule has 0 aliphatic carbocycles. The molecule has 1 amide bonds. The average molecular weight is 470 g/mol. The zero-order valence-corrected chi connectivity index (χ0v) is 18.8. The summed E-state index contributed by atoms with van der Waals surface area (Å²) < 4.78 is 1.80. The van der Waals surface area contributed by atoms with Crippen molar-refractivity contribution in [2.75, 3.05) is 10.6 Å². The van der Waals surface area contributed by atoms with Crippen LogP contribution in [0.1, 0.15) is 5.56 Å². The lowest BCUT2D eigenvalue weighted by Gasteiger charge is -2.07. The Morgan fingerprint density at radius 2 is 1.94 bits per heavy atom. The molecular weight excluding hydrogens is 450 g/mol. The Hall–Kier alpha value is -4.43. The fourth-order valence-electron chi connectivity index (χ4n) is 3.60. The van der Waals surface area contributed by atoms with Crippen molar-refractivity contribution in [3.63, 3.8) is 0 Å². The second kappa shape index (κ2) is 9.21. The maximum Gasteiger partial charge on any atom is 0.247 e. The first-order valence-electron chi connectivity index (χ1n) is 10.5. The molecule has 168 valence electrons. The maximum atomic E-state index is 11.4. The standard InChI is InChI=1S/C25H20ClN7O/c1-2-23(34)30-17-9-7-16(8-10-17)14-33-15-18(11-29-33)31-25-28-13-21(26)24(32-25)20-12-27-22-6-4-3-5-19(20)22/h2-13,15,27H,1,14H2,(H,30,34)(H,28,31,32). The van der Waals surface area contributed by atoms with Crippen molar-refractivity contribution in [3.05, 3.63) is 96.6 Å². The van der Waals surface area contributed by atoms with Gasteiger partial charge in [-0.25, -0.2) is 9.97 Å². The number of fused-ring (bicyclic) bond motifs is 1. The molecule has 3 aromatic heterocycles. The first-order chi connectivity index (χ1) is 16.6. The number of anilines is 3. The molecule has 0 aliphatic heterocycles. The number of aromatic nitrogens is 5. The van der Waals surface area contributed by atoms with Crippen LogP contribution in [0.25, 0.3) is 22.2 Å². The second-order valence-electron chi connectivity index (χ2n) is 7.58. The summed E-state index contributed by atoms with van der Waals surface area (Å²) in [7, 11) is 0. The van der Waals surface area contributed by atoms with Gasteiger partial charge in [-0.1, -0.05) is 48.5 Å². The van der Waals surface area contributed by atoms with Crippen molar-refractivity contribution in [1.29, 1.82) is 0 Å². The number of hydrogen-bond donors (Lipinski definition) is 3. The first kappa shape index (κ1) is 21.4. The number of rotatable bonds is 7. The third-order valence-corrected chi connectivity index (χ3v) is 5.51. The summed E-state index contributed by atoms with van der Waals surface area (Å²) in [5.74, 6) is 0.180. The van der Waals surface area contributed by atoms with Gasteiger partial charge in [-0.05, 0) is 29.8 Å². The molecule has 0 saturated heterocycles. The highest BCUT2D eigenvalue weighted by Crippen LogP contribution is 2.32. The van der Waals surface area contributed by atoms with Crippen LogP contribution in [0, 0.1) is 0 Å². The van der Waals surface area contributed by atoms with Gasteiger partial charge in [0.2, 0.25) is 11.9 Å². The lowest BCUT2D eigenvalue weighted by molar-refractivity contribution is -0.111. The summed E-state index contributed by atoms with van der Waals surface area (Å²) in [4.78, 5) is 23.6.